The van der Waals surface area contributed by atoms with E-state index in [0.29, 0.717) is 54.8 Å². The van der Waals surface area contributed by atoms with Crippen molar-refractivity contribution in [1.82, 2.24) is 4.90 Å². The summed E-state index contributed by atoms with van der Waals surface area (Å²) >= 11 is 5.89. The van der Waals surface area contributed by atoms with Crippen LogP contribution >= 0.6 is 11.6 Å². The molecule has 0 unspecified atom stereocenters. The molecule has 4 rings (SSSR count). The first kappa shape index (κ1) is 18.4. The summed E-state index contributed by atoms with van der Waals surface area (Å²) in [5, 5.41) is 11.7. The van der Waals surface area contributed by atoms with E-state index in [-0.39, 0.29) is 5.69 Å². The molecule has 144 valence electrons. The summed E-state index contributed by atoms with van der Waals surface area (Å²) in [6.45, 7) is 2.68. The topological polar surface area (TPSA) is 87.0 Å². The molecule has 1 fully saturated rings. The fourth-order valence-corrected chi connectivity index (χ4v) is 3.80. The number of nitro groups is 1. The van der Waals surface area contributed by atoms with Crippen molar-refractivity contribution in [2.24, 2.45) is 0 Å². The number of carbonyl (C=O) groups is 2. The maximum Gasteiger partial charge on any atom is 0.300 e. The zero-order valence-electron chi connectivity index (χ0n) is 14.9. The number of anilines is 2. The van der Waals surface area contributed by atoms with Crippen LogP contribution in [-0.2, 0) is 4.79 Å². The molecule has 8 nitrogen and oxygen atoms in total. The molecule has 28 heavy (non-hydrogen) atoms. The number of benzene rings is 2. The smallest absolute Gasteiger partial charge is 0.300 e. The number of para-hydroxylation sites is 1. The largest absolute Gasteiger partial charge is 0.363 e. The third-order valence-electron chi connectivity index (χ3n) is 5.07. The van der Waals surface area contributed by atoms with Gasteiger partial charge in [-0.05, 0) is 24.3 Å². The first-order valence-corrected chi connectivity index (χ1v) is 9.20. The Bertz CT molecular complexity index is 972. The standard InChI is InChI=1S/C19H17ClN4O4/c20-13-5-6-16(17(11-13)24(27)28)22-9-7-21(8-10-22)12-23-15-4-2-1-3-14(15)18(25)19(23)26/h1-6,11H,7-10,12H2. The highest BCUT2D eigenvalue weighted by Gasteiger charge is 2.36. The fourth-order valence-electron chi connectivity index (χ4n) is 3.63. The average molecular weight is 401 g/mol. The number of piperazine rings is 1. The lowest BCUT2D eigenvalue weighted by Gasteiger charge is -2.37. The van der Waals surface area contributed by atoms with Gasteiger partial charge in [0.1, 0.15) is 5.69 Å². The van der Waals surface area contributed by atoms with Crippen molar-refractivity contribution in [3.63, 3.8) is 0 Å². The number of hydrogen-bond donors (Lipinski definition) is 0. The number of fused-ring (bicyclic) bond motifs is 1. The van der Waals surface area contributed by atoms with E-state index in [4.69, 9.17) is 11.6 Å². The van der Waals surface area contributed by atoms with E-state index in [1.54, 1.807) is 36.4 Å². The molecule has 0 radical (unpaired) electrons. The Labute approximate surface area is 166 Å². The molecule has 0 bridgehead atoms. The second-order valence-electron chi connectivity index (χ2n) is 6.72. The Kier molecular flexibility index (Phi) is 4.74. The van der Waals surface area contributed by atoms with E-state index >= 15 is 0 Å². The van der Waals surface area contributed by atoms with Gasteiger partial charge >= 0.3 is 5.91 Å². The number of Topliss-reactive ketones (excluding diaryl/α,β-unsaturated/α-hetero) is 1. The first-order chi connectivity index (χ1) is 13.5. The lowest BCUT2D eigenvalue weighted by molar-refractivity contribution is -0.384. The van der Waals surface area contributed by atoms with Gasteiger partial charge in [0.2, 0.25) is 0 Å². The van der Waals surface area contributed by atoms with E-state index < -0.39 is 16.6 Å². The molecule has 2 aromatic rings. The summed E-state index contributed by atoms with van der Waals surface area (Å²) in [4.78, 5) is 40.8. The molecule has 1 amide bonds. The first-order valence-electron chi connectivity index (χ1n) is 8.82. The van der Waals surface area contributed by atoms with Crippen molar-refractivity contribution in [3.05, 3.63) is 63.2 Å². The predicted octanol–water partition coefficient (Wildman–Crippen LogP) is 2.56. The zero-order valence-corrected chi connectivity index (χ0v) is 15.6. The SMILES string of the molecule is O=C1C(=O)N(CN2CCN(c3ccc(Cl)cc3[N+](=O)[O-])CC2)c2ccccc21. The summed E-state index contributed by atoms with van der Waals surface area (Å²) in [5.41, 5.74) is 1.58. The Hall–Kier alpha value is -2.97. The molecule has 2 aromatic carbocycles. The number of halogens is 1. The van der Waals surface area contributed by atoms with Gasteiger partial charge < -0.3 is 4.90 Å². The number of rotatable bonds is 4. The van der Waals surface area contributed by atoms with Gasteiger partial charge in [-0.25, -0.2) is 0 Å². The number of carbonyl (C=O) groups excluding carboxylic acids is 2. The highest BCUT2D eigenvalue weighted by Crippen LogP contribution is 2.32. The quantitative estimate of drug-likeness (QED) is 0.445. The van der Waals surface area contributed by atoms with Gasteiger partial charge in [0, 0.05) is 37.3 Å². The maximum absolute atomic E-state index is 12.3. The molecule has 2 heterocycles. The number of ketones is 1. The molecule has 2 aliphatic heterocycles. The third-order valence-corrected chi connectivity index (χ3v) is 5.30. The maximum atomic E-state index is 12.3. The van der Waals surface area contributed by atoms with E-state index in [2.05, 4.69) is 4.90 Å². The van der Waals surface area contributed by atoms with Crippen LogP contribution in [0.2, 0.25) is 5.02 Å². The Morgan fingerprint density at radius 1 is 1.00 bits per heavy atom. The molecular formula is C19H17ClN4O4. The van der Waals surface area contributed by atoms with Crippen LogP contribution in [0.25, 0.3) is 0 Å². The third kappa shape index (κ3) is 3.21. The molecular weight excluding hydrogens is 384 g/mol. The Morgan fingerprint density at radius 3 is 2.43 bits per heavy atom. The van der Waals surface area contributed by atoms with Crippen LogP contribution in [-0.4, -0.2) is 54.4 Å². The zero-order chi connectivity index (χ0) is 19.8. The van der Waals surface area contributed by atoms with Crippen LogP contribution in [0.3, 0.4) is 0 Å². The van der Waals surface area contributed by atoms with Crippen molar-refractivity contribution in [1.29, 1.82) is 0 Å². The second kappa shape index (κ2) is 7.21. The van der Waals surface area contributed by atoms with E-state index in [0.717, 1.165) is 0 Å². The van der Waals surface area contributed by atoms with Gasteiger partial charge in [-0.2, -0.15) is 0 Å². The molecule has 0 aromatic heterocycles. The predicted molar refractivity (Wildman–Crippen MR) is 105 cm³/mol. The molecule has 2 aliphatic rings. The van der Waals surface area contributed by atoms with Crippen LogP contribution in [0.4, 0.5) is 17.1 Å². The Morgan fingerprint density at radius 2 is 1.71 bits per heavy atom. The second-order valence-corrected chi connectivity index (χ2v) is 7.15. The van der Waals surface area contributed by atoms with Gasteiger partial charge in [0.15, 0.2) is 0 Å². The van der Waals surface area contributed by atoms with Gasteiger partial charge in [-0.1, -0.05) is 23.7 Å². The number of hydrogen-bond acceptors (Lipinski definition) is 6. The monoisotopic (exact) mass is 400 g/mol. The molecule has 0 aliphatic carbocycles. The summed E-state index contributed by atoms with van der Waals surface area (Å²) < 4.78 is 0. The molecule has 0 N–H and O–H groups in total. The molecule has 9 heteroatoms. The van der Waals surface area contributed by atoms with Gasteiger partial charge in [0.05, 0.1) is 22.8 Å². The van der Waals surface area contributed by atoms with E-state index in [1.807, 2.05) is 4.90 Å². The summed E-state index contributed by atoms with van der Waals surface area (Å²) in [6.07, 6.45) is 0. The molecule has 0 atom stereocenters. The van der Waals surface area contributed by atoms with Crippen LogP contribution in [0, 0.1) is 10.1 Å². The number of amides is 1. The minimum atomic E-state index is -0.517. The van der Waals surface area contributed by atoms with Crippen molar-refractivity contribution < 1.29 is 14.5 Å². The number of nitro benzene ring substituents is 1. The van der Waals surface area contributed by atoms with Crippen molar-refractivity contribution in [3.8, 4) is 0 Å². The average Bonchev–Trinajstić information content (AvgIpc) is 2.94. The van der Waals surface area contributed by atoms with E-state index in [9.17, 15) is 19.7 Å². The van der Waals surface area contributed by atoms with Crippen LogP contribution in [0.1, 0.15) is 10.4 Å². The molecule has 1 saturated heterocycles. The lowest BCUT2D eigenvalue weighted by atomic mass is 10.1. The molecule has 0 saturated carbocycles. The number of nitrogens with zero attached hydrogens (tertiary/aromatic N) is 4. The van der Waals surface area contributed by atoms with Crippen molar-refractivity contribution in [2.75, 3.05) is 42.6 Å². The van der Waals surface area contributed by atoms with Gasteiger partial charge in [-0.3, -0.25) is 29.5 Å². The summed E-state index contributed by atoms with van der Waals surface area (Å²) in [6, 6.07) is 11.6. The highest BCUT2D eigenvalue weighted by atomic mass is 35.5. The normalized spacial score (nSPS) is 17.2. The summed E-state index contributed by atoms with van der Waals surface area (Å²) in [5.74, 6) is -0.997. The van der Waals surface area contributed by atoms with Crippen molar-refractivity contribution >= 4 is 40.4 Å². The van der Waals surface area contributed by atoms with Crippen molar-refractivity contribution in [2.45, 2.75) is 0 Å². The molecule has 0 spiro atoms. The summed E-state index contributed by atoms with van der Waals surface area (Å²) in [7, 11) is 0. The van der Waals surface area contributed by atoms with Crippen LogP contribution in [0.15, 0.2) is 42.5 Å². The minimum absolute atomic E-state index is 0.0183. The highest BCUT2D eigenvalue weighted by molar-refractivity contribution is 6.52. The fraction of sp³-hybridized carbons (Fsp3) is 0.263. The van der Waals surface area contributed by atoms with Gasteiger partial charge in [0.25, 0.3) is 11.5 Å². The lowest BCUT2D eigenvalue weighted by Crippen LogP contribution is -2.51. The van der Waals surface area contributed by atoms with E-state index in [1.165, 1.54) is 11.0 Å². The Balaban J connectivity index is 1.45. The minimum Gasteiger partial charge on any atom is -0.363 e. The van der Waals surface area contributed by atoms with Crippen LogP contribution < -0.4 is 9.80 Å². The van der Waals surface area contributed by atoms with Crippen LogP contribution in [0.5, 0.6) is 0 Å². The van der Waals surface area contributed by atoms with Gasteiger partial charge in [-0.15, -0.1) is 0 Å².